The molecule has 0 fully saturated rings. The van der Waals surface area contributed by atoms with Crippen LogP contribution in [0.3, 0.4) is 0 Å². The fraction of sp³-hybridized carbons (Fsp3) is 0. The van der Waals surface area contributed by atoms with E-state index in [9.17, 15) is 4.79 Å². The topological polar surface area (TPSA) is 26.3 Å². The number of halogens is 2. The normalized spacial score (nSPS) is 10.6. The molecule has 2 aromatic rings. The quantitative estimate of drug-likeness (QED) is 0.469. The monoisotopic (exact) mass is 292 g/mol. The van der Waals surface area contributed by atoms with E-state index in [-0.39, 0.29) is 5.75 Å². The molecule has 0 aliphatic rings. The highest BCUT2D eigenvalue weighted by atomic mass is 35.5. The van der Waals surface area contributed by atoms with Crippen LogP contribution < -0.4 is 4.74 Å². The summed E-state index contributed by atoms with van der Waals surface area (Å²) >= 11 is 11.7. The molecule has 19 heavy (non-hydrogen) atoms. The molecular formula is C15H10Cl2O2. The average molecular weight is 293 g/mol. The molecule has 0 amide bonds. The van der Waals surface area contributed by atoms with Crippen LogP contribution in [0, 0.1) is 0 Å². The Hall–Kier alpha value is -1.77. The van der Waals surface area contributed by atoms with Crippen LogP contribution in [-0.4, -0.2) is 5.97 Å². The van der Waals surface area contributed by atoms with Crippen molar-refractivity contribution < 1.29 is 9.53 Å². The molecule has 0 spiro atoms. The molecule has 4 heteroatoms. The first-order chi connectivity index (χ1) is 9.15. The van der Waals surface area contributed by atoms with Crippen molar-refractivity contribution in [2.45, 2.75) is 0 Å². The Morgan fingerprint density at radius 1 is 1.05 bits per heavy atom. The molecule has 0 unspecified atom stereocenters. The maximum atomic E-state index is 11.6. The van der Waals surface area contributed by atoms with Crippen molar-refractivity contribution in [3.63, 3.8) is 0 Å². The van der Waals surface area contributed by atoms with Crippen LogP contribution in [0.2, 0.25) is 10.0 Å². The van der Waals surface area contributed by atoms with Crippen LogP contribution in [0.15, 0.2) is 54.6 Å². The Labute approximate surface area is 121 Å². The number of rotatable bonds is 3. The summed E-state index contributed by atoms with van der Waals surface area (Å²) in [7, 11) is 0. The molecule has 0 saturated carbocycles. The molecular weight excluding hydrogens is 283 g/mol. The summed E-state index contributed by atoms with van der Waals surface area (Å²) in [6.45, 7) is 0. The van der Waals surface area contributed by atoms with E-state index in [1.54, 1.807) is 18.2 Å². The van der Waals surface area contributed by atoms with Crippen molar-refractivity contribution in [3.8, 4) is 5.75 Å². The molecule has 2 nitrogen and oxygen atoms in total. The zero-order valence-corrected chi connectivity index (χ0v) is 11.4. The maximum absolute atomic E-state index is 11.6. The number of carbonyl (C=O) groups is 1. The summed E-state index contributed by atoms with van der Waals surface area (Å²) in [6, 6.07) is 14.1. The third-order valence-electron chi connectivity index (χ3n) is 2.32. The Morgan fingerprint density at radius 3 is 2.47 bits per heavy atom. The van der Waals surface area contributed by atoms with Crippen LogP contribution >= 0.6 is 23.2 Å². The predicted octanol–water partition coefficient (Wildman–Crippen LogP) is 4.61. The lowest BCUT2D eigenvalue weighted by atomic mass is 10.2. The van der Waals surface area contributed by atoms with Crippen LogP contribution in [0.25, 0.3) is 6.08 Å². The van der Waals surface area contributed by atoms with E-state index in [1.807, 2.05) is 30.3 Å². The van der Waals surface area contributed by atoms with Crippen molar-refractivity contribution in [1.29, 1.82) is 0 Å². The molecule has 0 heterocycles. The second-order valence-electron chi connectivity index (χ2n) is 3.74. The molecule has 0 radical (unpaired) electrons. The van der Waals surface area contributed by atoms with Gasteiger partial charge in [-0.05, 0) is 29.8 Å². The standard InChI is InChI=1S/C15H10Cl2O2/c16-12-7-8-14(13(17)10-12)19-15(18)9-6-11-4-2-1-3-5-11/h1-10H/b9-6+. The van der Waals surface area contributed by atoms with E-state index in [1.165, 1.54) is 12.1 Å². The fourth-order valence-corrected chi connectivity index (χ4v) is 1.88. The largest absolute Gasteiger partial charge is 0.422 e. The molecule has 96 valence electrons. The van der Waals surface area contributed by atoms with E-state index in [2.05, 4.69) is 0 Å². The van der Waals surface area contributed by atoms with E-state index in [4.69, 9.17) is 27.9 Å². The summed E-state index contributed by atoms with van der Waals surface area (Å²) in [5.74, 6) is -0.207. The molecule has 0 aliphatic carbocycles. The zero-order chi connectivity index (χ0) is 13.7. The molecule has 0 N–H and O–H groups in total. The van der Waals surface area contributed by atoms with Crippen molar-refractivity contribution in [2.75, 3.05) is 0 Å². The van der Waals surface area contributed by atoms with E-state index >= 15 is 0 Å². The first-order valence-electron chi connectivity index (χ1n) is 5.55. The smallest absolute Gasteiger partial charge is 0.336 e. The van der Waals surface area contributed by atoms with Gasteiger partial charge in [0.15, 0.2) is 0 Å². The Morgan fingerprint density at radius 2 is 1.79 bits per heavy atom. The lowest BCUT2D eigenvalue weighted by Gasteiger charge is -2.03. The number of ether oxygens (including phenoxy) is 1. The third-order valence-corrected chi connectivity index (χ3v) is 2.85. The molecule has 2 rings (SSSR count). The van der Waals surface area contributed by atoms with E-state index < -0.39 is 5.97 Å². The van der Waals surface area contributed by atoms with Gasteiger partial charge in [0.25, 0.3) is 0 Å². The first kappa shape index (κ1) is 13.7. The van der Waals surface area contributed by atoms with Crippen molar-refractivity contribution in [3.05, 3.63) is 70.2 Å². The minimum atomic E-state index is -0.493. The maximum Gasteiger partial charge on any atom is 0.336 e. The zero-order valence-electron chi connectivity index (χ0n) is 9.85. The summed E-state index contributed by atoms with van der Waals surface area (Å²) < 4.78 is 5.11. The second kappa shape index (κ2) is 6.41. The van der Waals surface area contributed by atoms with Gasteiger partial charge in [-0.2, -0.15) is 0 Å². The van der Waals surface area contributed by atoms with Gasteiger partial charge >= 0.3 is 5.97 Å². The van der Waals surface area contributed by atoms with Gasteiger partial charge in [0, 0.05) is 11.1 Å². The third kappa shape index (κ3) is 4.12. The number of benzene rings is 2. The molecule has 0 aliphatic heterocycles. The summed E-state index contributed by atoms with van der Waals surface area (Å²) in [5.41, 5.74) is 0.918. The van der Waals surface area contributed by atoms with Crippen LogP contribution in [-0.2, 0) is 4.79 Å². The van der Waals surface area contributed by atoms with Gasteiger partial charge in [-0.3, -0.25) is 0 Å². The summed E-state index contributed by atoms with van der Waals surface area (Å²) in [5, 5.41) is 0.790. The van der Waals surface area contributed by atoms with E-state index in [0.29, 0.717) is 10.0 Å². The highest BCUT2D eigenvalue weighted by Gasteiger charge is 2.05. The number of hydrogen-bond donors (Lipinski definition) is 0. The van der Waals surface area contributed by atoms with Crippen molar-refractivity contribution in [1.82, 2.24) is 0 Å². The average Bonchev–Trinajstić information content (AvgIpc) is 2.41. The van der Waals surface area contributed by atoms with Gasteiger partial charge in [0.05, 0.1) is 5.02 Å². The lowest BCUT2D eigenvalue weighted by Crippen LogP contribution is -2.03. The van der Waals surface area contributed by atoms with Gasteiger partial charge in [-0.15, -0.1) is 0 Å². The fourth-order valence-electron chi connectivity index (χ4n) is 1.43. The minimum absolute atomic E-state index is 0.286. The highest BCUT2D eigenvalue weighted by molar-refractivity contribution is 6.35. The number of carbonyl (C=O) groups excluding carboxylic acids is 1. The summed E-state index contributed by atoms with van der Waals surface area (Å²) in [4.78, 5) is 11.6. The first-order valence-corrected chi connectivity index (χ1v) is 6.31. The molecule has 0 bridgehead atoms. The molecule has 0 aromatic heterocycles. The SMILES string of the molecule is O=C(/C=C/c1ccccc1)Oc1ccc(Cl)cc1Cl. The van der Waals surface area contributed by atoms with Gasteiger partial charge in [-0.1, -0.05) is 53.5 Å². The summed E-state index contributed by atoms with van der Waals surface area (Å²) in [6.07, 6.45) is 3.02. The van der Waals surface area contributed by atoms with Gasteiger partial charge < -0.3 is 4.74 Å². The lowest BCUT2D eigenvalue weighted by molar-refractivity contribution is -0.128. The van der Waals surface area contributed by atoms with Crippen molar-refractivity contribution in [2.24, 2.45) is 0 Å². The Bertz CT molecular complexity index is 607. The second-order valence-corrected chi connectivity index (χ2v) is 4.58. The van der Waals surface area contributed by atoms with E-state index in [0.717, 1.165) is 5.56 Å². The minimum Gasteiger partial charge on any atom is -0.422 e. The molecule has 0 atom stereocenters. The van der Waals surface area contributed by atoms with Gasteiger partial charge in [0.1, 0.15) is 5.75 Å². The van der Waals surface area contributed by atoms with Crippen molar-refractivity contribution >= 4 is 35.2 Å². The Kier molecular flexibility index (Phi) is 4.61. The molecule has 0 saturated heterocycles. The van der Waals surface area contributed by atoms with Crippen LogP contribution in [0.5, 0.6) is 5.75 Å². The van der Waals surface area contributed by atoms with Crippen LogP contribution in [0.1, 0.15) is 5.56 Å². The Balaban J connectivity index is 2.04. The molecule has 2 aromatic carbocycles. The number of hydrogen-bond acceptors (Lipinski definition) is 2. The van der Waals surface area contributed by atoms with Crippen LogP contribution in [0.4, 0.5) is 0 Å². The highest BCUT2D eigenvalue weighted by Crippen LogP contribution is 2.27. The van der Waals surface area contributed by atoms with Gasteiger partial charge in [0.2, 0.25) is 0 Å². The predicted molar refractivity (Wildman–Crippen MR) is 77.6 cm³/mol. The number of esters is 1. The van der Waals surface area contributed by atoms with Gasteiger partial charge in [-0.25, -0.2) is 4.79 Å².